The Kier molecular flexibility index (Phi) is 24.4. The standard InChI is InChI=1S/C59H90N8O12S/c1-16-38(8)48-57(75)65(13)47(37(6)7)52(70)62-43(33-39-24-19-17-20-25-39)54(72)63(11)45(34-40-26-21-18-22-27-40)56(74)67-30-23-28-44(67)50(68)60-41(29-31-80(15)78)53(71)64(12)46(36(4)5)51(69)61-42(32-35(2)3)55(73)66(14)49(58(76)79-48)59(9,10)77/h17-22,24-27,35-38,41-49,77H,16,23,28-34H2,1-15H3,(H,60,68)(H,61,69)(H,62,70)/t38-,41+,42+,43+,44+,45+,46+,47+,48-,49-,80?/m1/s1. The van der Waals surface area contributed by atoms with Crippen LogP contribution >= 0.6 is 0 Å². The summed E-state index contributed by atoms with van der Waals surface area (Å²) in [6, 6.07) is 7.48. The molecule has 1 unspecified atom stereocenters. The average Bonchev–Trinajstić information content (AvgIpc) is 3.89. The number of hydrogen-bond acceptors (Lipinski definition) is 12. The van der Waals surface area contributed by atoms with E-state index in [1.807, 2.05) is 32.0 Å². The van der Waals surface area contributed by atoms with Crippen LogP contribution in [-0.2, 0) is 71.5 Å². The number of ether oxygens (including phenoxy) is 1. The van der Waals surface area contributed by atoms with Crippen molar-refractivity contribution in [2.45, 2.75) is 174 Å². The first-order valence-corrected chi connectivity index (χ1v) is 29.7. The molecule has 0 spiro atoms. The van der Waals surface area contributed by atoms with Gasteiger partial charge in [-0.05, 0) is 74.8 Å². The first-order valence-electron chi connectivity index (χ1n) is 28.0. The van der Waals surface area contributed by atoms with Crippen molar-refractivity contribution in [2.75, 3.05) is 46.7 Å². The van der Waals surface area contributed by atoms with Gasteiger partial charge in [-0.15, -0.1) is 0 Å². The highest BCUT2D eigenvalue weighted by Crippen LogP contribution is 2.27. The summed E-state index contributed by atoms with van der Waals surface area (Å²) in [5.74, 6) is -8.75. The van der Waals surface area contributed by atoms with Gasteiger partial charge in [-0.3, -0.25) is 42.6 Å². The van der Waals surface area contributed by atoms with Gasteiger partial charge < -0.3 is 50.3 Å². The average molecular weight is 1140 g/mol. The summed E-state index contributed by atoms with van der Waals surface area (Å²) < 4.78 is 18.7. The van der Waals surface area contributed by atoms with Crippen molar-refractivity contribution in [3.8, 4) is 0 Å². The second kappa shape index (κ2) is 29.5. The van der Waals surface area contributed by atoms with Gasteiger partial charge in [-0.25, -0.2) is 4.79 Å². The molecule has 2 aliphatic rings. The number of fused-ring (bicyclic) bond motifs is 1. The van der Waals surface area contributed by atoms with E-state index in [1.165, 1.54) is 67.9 Å². The fourth-order valence-electron chi connectivity index (χ4n) is 10.9. The third-order valence-corrected chi connectivity index (χ3v) is 16.2. The maximum atomic E-state index is 15.3. The third kappa shape index (κ3) is 17.2. The zero-order valence-corrected chi connectivity index (χ0v) is 50.5. The Bertz CT molecular complexity index is 2510. The lowest BCUT2D eigenvalue weighted by Gasteiger charge is -2.39. The summed E-state index contributed by atoms with van der Waals surface area (Å²) in [7, 11) is 4.12. The number of nitrogens with one attached hydrogen (secondary N) is 3. The van der Waals surface area contributed by atoms with Crippen LogP contribution in [0.5, 0.6) is 0 Å². The largest absolute Gasteiger partial charge is 0.450 e. The quantitative estimate of drug-likeness (QED) is 0.199. The molecule has 4 rings (SSSR count). The minimum atomic E-state index is -1.99. The molecule has 2 saturated heterocycles. The maximum Gasteiger partial charge on any atom is 0.332 e. The van der Waals surface area contributed by atoms with Crippen LogP contribution in [0.2, 0.25) is 0 Å². The smallest absolute Gasteiger partial charge is 0.332 e. The van der Waals surface area contributed by atoms with Crippen LogP contribution in [0.1, 0.15) is 112 Å². The molecule has 444 valence electrons. The molecule has 0 aliphatic carbocycles. The van der Waals surface area contributed by atoms with E-state index in [0.29, 0.717) is 24.0 Å². The van der Waals surface area contributed by atoms with Crippen LogP contribution in [0.4, 0.5) is 0 Å². The molecule has 2 aromatic rings. The second-order valence-electron chi connectivity index (χ2n) is 23.4. The Morgan fingerprint density at radius 1 is 0.637 bits per heavy atom. The number of nitrogens with zero attached hydrogens (tertiary/aromatic N) is 5. The van der Waals surface area contributed by atoms with E-state index in [-0.39, 0.29) is 50.3 Å². The Labute approximate surface area is 476 Å². The summed E-state index contributed by atoms with van der Waals surface area (Å²) >= 11 is 0. The normalized spacial score (nSPS) is 26.3. The molecule has 4 N–H and O–H groups in total. The number of hydrogen-bond donors (Lipinski definition) is 4. The van der Waals surface area contributed by atoms with Crippen molar-refractivity contribution in [2.24, 2.45) is 23.7 Å². The molecule has 8 amide bonds. The summed E-state index contributed by atoms with van der Waals surface area (Å²) in [5, 5.41) is 20.3. The fourth-order valence-corrected chi connectivity index (χ4v) is 11.4. The van der Waals surface area contributed by atoms with E-state index in [2.05, 4.69) is 16.0 Å². The summed E-state index contributed by atoms with van der Waals surface area (Å²) in [4.78, 5) is 140. The number of likely N-dealkylation sites (N-methyl/N-ethyl adjacent to an activating group) is 4. The molecule has 2 fully saturated rings. The third-order valence-electron chi connectivity index (χ3n) is 15.3. The molecule has 21 heteroatoms. The zero-order chi connectivity index (χ0) is 60.1. The Morgan fingerprint density at radius 3 is 1.60 bits per heavy atom. The van der Waals surface area contributed by atoms with E-state index < -0.39 is 142 Å². The van der Waals surface area contributed by atoms with Gasteiger partial charge in [0.1, 0.15) is 42.3 Å². The predicted molar refractivity (Wildman–Crippen MR) is 305 cm³/mol. The van der Waals surface area contributed by atoms with Crippen molar-refractivity contribution < 1.29 is 57.2 Å². The minimum absolute atomic E-state index is 0.00824. The molecular formula is C59H90N8O12S. The summed E-state index contributed by atoms with van der Waals surface area (Å²) in [5.41, 5.74) is -0.618. The lowest BCUT2D eigenvalue weighted by molar-refractivity contribution is -0.177. The Morgan fingerprint density at radius 2 is 1.11 bits per heavy atom. The number of cyclic esters (lactones) is 1. The number of rotatable bonds is 14. The zero-order valence-electron chi connectivity index (χ0n) is 49.7. The van der Waals surface area contributed by atoms with Crippen LogP contribution < -0.4 is 16.0 Å². The second-order valence-corrected chi connectivity index (χ2v) is 25.0. The lowest BCUT2D eigenvalue weighted by atomic mass is 9.94. The van der Waals surface area contributed by atoms with Gasteiger partial charge in [0.25, 0.3) is 5.91 Å². The first-order chi connectivity index (χ1) is 37.4. The van der Waals surface area contributed by atoms with Crippen LogP contribution in [0.25, 0.3) is 0 Å². The Balaban J connectivity index is 1.98. The minimum Gasteiger partial charge on any atom is -0.450 e. The van der Waals surface area contributed by atoms with Crippen LogP contribution in [-0.4, -0.2) is 194 Å². The molecule has 2 aliphatic heterocycles. The van der Waals surface area contributed by atoms with Gasteiger partial charge >= 0.3 is 5.97 Å². The molecule has 0 saturated carbocycles. The van der Waals surface area contributed by atoms with Crippen molar-refractivity contribution in [1.82, 2.24) is 40.4 Å². The number of esters is 1. The lowest BCUT2D eigenvalue weighted by Crippen LogP contribution is -2.62. The van der Waals surface area contributed by atoms with E-state index >= 15 is 9.59 Å². The molecule has 80 heavy (non-hydrogen) atoms. The van der Waals surface area contributed by atoms with E-state index in [1.54, 1.807) is 84.0 Å². The summed E-state index contributed by atoms with van der Waals surface area (Å²) in [6.45, 7) is 16.7. The van der Waals surface area contributed by atoms with E-state index in [0.717, 1.165) is 4.90 Å². The van der Waals surface area contributed by atoms with Gasteiger partial charge in [0, 0.05) is 76.3 Å². The number of aliphatic hydroxyl groups is 1. The molecule has 0 bridgehead atoms. The van der Waals surface area contributed by atoms with Gasteiger partial charge in [-0.2, -0.15) is 0 Å². The molecule has 11 atom stereocenters. The van der Waals surface area contributed by atoms with Crippen LogP contribution in [0.15, 0.2) is 60.7 Å². The van der Waals surface area contributed by atoms with Crippen molar-refractivity contribution in [3.63, 3.8) is 0 Å². The maximum absolute atomic E-state index is 15.3. The highest BCUT2D eigenvalue weighted by molar-refractivity contribution is 7.84. The van der Waals surface area contributed by atoms with Gasteiger partial charge in [0.05, 0.1) is 5.60 Å². The van der Waals surface area contributed by atoms with Crippen molar-refractivity contribution in [1.29, 1.82) is 0 Å². The van der Waals surface area contributed by atoms with Crippen LogP contribution in [0.3, 0.4) is 0 Å². The molecular weight excluding hydrogens is 1040 g/mol. The van der Waals surface area contributed by atoms with Crippen molar-refractivity contribution >= 4 is 64.0 Å². The highest BCUT2D eigenvalue weighted by atomic mass is 32.2. The van der Waals surface area contributed by atoms with Crippen molar-refractivity contribution in [3.05, 3.63) is 71.8 Å². The molecule has 2 aromatic carbocycles. The highest BCUT2D eigenvalue weighted by Gasteiger charge is 2.48. The SMILES string of the molecule is CC[C@@H](C)[C@H]1OC(=O)[C@H](C(C)(C)O)N(C)C(=O)[C@H](CC(C)C)NC(=O)[C@H](C(C)C)N(C)C(=O)[C@H](CCS(C)=O)NC(=O)[C@@H]2CCCN2C(=O)[C@H](Cc2ccccc2)N(C)C(=O)[C@H](Cc2ccccc2)NC(=O)[C@H](C(C)C)N(C)C1=O. The molecule has 0 aromatic heterocycles. The summed E-state index contributed by atoms with van der Waals surface area (Å²) in [6.07, 6.45) is 0.791. The number of carbonyl (C=O) groups is 9. The molecule has 2 heterocycles. The van der Waals surface area contributed by atoms with E-state index in [4.69, 9.17) is 4.74 Å². The predicted octanol–water partition coefficient (Wildman–Crippen LogP) is 3.09. The van der Waals surface area contributed by atoms with Gasteiger partial charge in [0.2, 0.25) is 41.4 Å². The monoisotopic (exact) mass is 1130 g/mol. The number of benzene rings is 2. The number of amides is 8. The molecule has 0 radical (unpaired) electrons. The first kappa shape index (κ1) is 66.3. The fraction of sp³-hybridized carbons (Fsp3) is 0.644. The van der Waals surface area contributed by atoms with Crippen LogP contribution in [0, 0.1) is 23.7 Å². The topological polar surface area (TPSA) is 252 Å². The molecule has 20 nitrogen and oxygen atoms in total. The van der Waals surface area contributed by atoms with Gasteiger partial charge in [0.15, 0.2) is 12.1 Å². The van der Waals surface area contributed by atoms with E-state index in [9.17, 15) is 42.9 Å². The Hall–Kier alpha value is -6.22. The van der Waals surface area contributed by atoms with Gasteiger partial charge in [-0.1, -0.05) is 116 Å². The number of carbonyl (C=O) groups excluding carboxylic acids is 9.